The van der Waals surface area contributed by atoms with Crippen molar-refractivity contribution in [3.63, 3.8) is 0 Å². The van der Waals surface area contributed by atoms with Crippen LogP contribution in [0.4, 0.5) is 0 Å². The highest BCUT2D eigenvalue weighted by Crippen LogP contribution is 2.28. The quantitative estimate of drug-likeness (QED) is 0.830. The van der Waals surface area contributed by atoms with E-state index in [2.05, 4.69) is 30.9 Å². The maximum Gasteiger partial charge on any atom is 0.231 e. The third-order valence-electron chi connectivity index (χ3n) is 4.00. The molecule has 0 N–H and O–H groups in total. The minimum atomic E-state index is -3.20. The van der Waals surface area contributed by atoms with E-state index in [-0.39, 0.29) is 17.1 Å². The third kappa shape index (κ3) is 4.78. The number of hydrogen-bond donors (Lipinski definition) is 0. The molecular weight excluding hydrogens is 302 g/mol. The molecule has 0 aliphatic carbocycles. The van der Waals surface area contributed by atoms with E-state index in [4.69, 9.17) is 4.52 Å². The van der Waals surface area contributed by atoms with Crippen LogP contribution in [0, 0.1) is 12.3 Å². The molecule has 1 unspecified atom stereocenters. The van der Waals surface area contributed by atoms with E-state index < -0.39 is 10.0 Å². The van der Waals surface area contributed by atoms with Crippen molar-refractivity contribution >= 4 is 10.0 Å². The fraction of sp³-hybridized carbons (Fsp3) is 0.867. The van der Waals surface area contributed by atoms with Crippen LogP contribution in [0.1, 0.15) is 64.1 Å². The Balaban J connectivity index is 1.96. The second kappa shape index (κ2) is 6.66. The van der Waals surface area contributed by atoms with Crippen LogP contribution in [0.5, 0.6) is 0 Å². The van der Waals surface area contributed by atoms with Gasteiger partial charge in [0.25, 0.3) is 0 Å². The minimum absolute atomic E-state index is 0.0207. The number of nitrogens with zero attached hydrogens (tertiary/aromatic N) is 3. The molecule has 0 spiro atoms. The number of piperidine rings is 1. The van der Waals surface area contributed by atoms with Gasteiger partial charge < -0.3 is 4.52 Å². The molecule has 1 fully saturated rings. The Morgan fingerprint density at radius 1 is 1.36 bits per heavy atom. The van der Waals surface area contributed by atoms with Crippen LogP contribution < -0.4 is 0 Å². The van der Waals surface area contributed by atoms with E-state index in [0.29, 0.717) is 31.2 Å². The zero-order valence-corrected chi connectivity index (χ0v) is 14.8. The molecule has 1 aliphatic rings. The molecule has 2 heterocycles. The van der Waals surface area contributed by atoms with Gasteiger partial charge in [0.05, 0.1) is 11.7 Å². The molecule has 0 aromatic carbocycles. The Morgan fingerprint density at radius 3 is 2.68 bits per heavy atom. The smallest absolute Gasteiger partial charge is 0.231 e. The highest BCUT2D eigenvalue weighted by molar-refractivity contribution is 7.89. The van der Waals surface area contributed by atoms with E-state index in [9.17, 15) is 8.42 Å². The third-order valence-corrected chi connectivity index (χ3v) is 5.92. The number of aryl methyl sites for hydroxylation is 1. The summed E-state index contributed by atoms with van der Waals surface area (Å²) in [6.07, 6.45) is 3.35. The van der Waals surface area contributed by atoms with Gasteiger partial charge in [0.1, 0.15) is 0 Å². The molecule has 2 rings (SSSR count). The van der Waals surface area contributed by atoms with Crippen molar-refractivity contribution < 1.29 is 12.9 Å². The molecule has 6 nitrogen and oxygen atoms in total. The zero-order valence-electron chi connectivity index (χ0n) is 14.0. The molecule has 0 saturated carbocycles. The van der Waals surface area contributed by atoms with Gasteiger partial charge in [-0.1, -0.05) is 25.9 Å². The maximum atomic E-state index is 12.5. The summed E-state index contributed by atoms with van der Waals surface area (Å²) < 4.78 is 31.8. The Morgan fingerprint density at radius 2 is 2.09 bits per heavy atom. The summed E-state index contributed by atoms with van der Waals surface area (Å²) in [6, 6.07) is 0. The Hall–Kier alpha value is -0.950. The SMILES string of the molecule is Cc1noc(C2CCCN(S(=O)(=O)CCCC(C)(C)C)C2)n1. The van der Waals surface area contributed by atoms with Crippen molar-refractivity contribution in [1.29, 1.82) is 0 Å². The minimum Gasteiger partial charge on any atom is -0.339 e. The van der Waals surface area contributed by atoms with Gasteiger partial charge in [-0.25, -0.2) is 12.7 Å². The summed E-state index contributed by atoms with van der Waals surface area (Å²) in [7, 11) is -3.20. The van der Waals surface area contributed by atoms with Crippen molar-refractivity contribution in [1.82, 2.24) is 14.4 Å². The Labute approximate surface area is 133 Å². The molecule has 0 bridgehead atoms. The van der Waals surface area contributed by atoms with Gasteiger partial charge in [0.15, 0.2) is 5.82 Å². The first-order valence-corrected chi connectivity index (χ1v) is 9.56. The molecular formula is C15H27N3O3S. The summed E-state index contributed by atoms with van der Waals surface area (Å²) in [5.41, 5.74) is 0.168. The lowest BCUT2D eigenvalue weighted by molar-refractivity contribution is 0.264. The lowest BCUT2D eigenvalue weighted by Crippen LogP contribution is -2.40. The van der Waals surface area contributed by atoms with Crippen LogP contribution >= 0.6 is 0 Å². The molecule has 126 valence electrons. The first-order valence-electron chi connectivity index (χ1n) is 7.95. The molecule has 1 aliphatic heterocycles. The summed E-state index contributed by atoms with van der Waals surface area (Å²) in [5, 5.41) is 3.80. The first-order chi connectivity index (χ1) is 10.2. The van der Waals surface area contributed by atoms with Crippen LogP contribution in [0.15, 0.2) is 4.52 Å². The van der Waals surface area contributed by atoms with Crippen LogP contribution in [-0.4, -0.2) is 41.7 Å². The molecule has 1 aromatic heterocycles. The normalized spacial score (nSPS) is 21.2. The number of rotatable bonds is 5. The van der Waals surface area contributed by atoms with Crippen molar-refractivity contribution in [2.75, 3.05) is 18.8 Å². The van der Waals surface area contributed by atoms with Crippen molar-refractivity contribution in [3.05, 3.63) is 11.7 Å². The highest BCUT2D eigenvalue weighted by Gasteiger charge is 2.32. The van der Waals surface area contributed by atoms with Crippen molar-refractivity contribution in [2.24, 2.45) is 5.41 Å². The van der Waals surface area contributed by atoms with Gasteiger partial charge in [-0.2, -0.15) is 4.98 Å². The molecule has 0 amide bonds. The first kappa shape index (κ1) is 17.4. The Kier molecular flexibility index (Phi) is 5.27. The van der Waals surface area contributed by atoms with E-state index in [1.807, 2.05) is 0 Å². The fourth-order valence-corrected chi connectivity index (χ4v) is 4.37. The van der Waals surface area contributed by atoms with Crippen LogP contribution in [0.3, 0.4) is 0 Å². The number of sulfonamides is 1. The van der Waals surface area contributed by atoms with Gasteiger partial charge in [-0.05, 0) is 38.0 Å². The van der Waals surface area contributed by atoms with Gasteiger partial charge in [-0.3, -0.25) is 0 Å². The predicted octanol–water partition coefficient (Wildman–Crippen LogP) is 2.71. The van der Waals surface area contributed by atoms with E-state index in [0.717, 1.165) is 19.3 Å². The van der Waals surface area contributed by atoms with Gasteiger partial charge in [0, 0.05) is 13.1 Å². The largest absolute Gasteiger partial charge is 0.339 e. The summed E-state index contributed by atoms with van der Waals surface area (Å²) >= 11 is 0. The standard InChI is InChI=1S/C15H27N3O3S/c1-12-16-14(21-17-12)13-7-5-9-18(11-13)22(19,20)10-6-8-15(2,3)4/h13H,5-11H2,1-4H3. The van der Waals surface area contributed by atoms with Crippen molar-refractivity contribution in [3.8, 4) is 0 Å². The van der Waals surface area contributed by atoms with E-state index in [1.165, 1.54) is 0 Å². The van der Waals surface area contributed by atoms with Crippen LogP contribution in [-0.2, 0) is 10.0 Å². The summed E-state index contributed by atoms with van der Waals surface area (Å²) in [6.45, 7) is 9.23. The van der Waals surface area contributed by atoms with Crippen LogP contribution in [0.25, 0.3) is 0 Å². The number of aromatic nitrogens is 2. The molecule has 1 saturated heterocycles. The van der Waals surface area contributed by atoms with Gasteiger partial charge in [-0.15, -0.1) is 0 Å². The maximum absolute atomic E-state index is 12.5. The molecule has 1 atom stereocenters. The molecule has 1 aromatic rings. The lowest BCUT2D eigenvalue weighted by atomic mass is 9.91. The average molecular weight is 329 g/mol. The molecule has 22 heavy (non-hydrogen) atoms. The van der Waals surface area contributed by atoms with E-state index in [1.54, 1.807) is 11.2 Å². The molecule has 7 heteroatoms. The van der Waals surface area contributed by atoms with Gasteiger partial charge >= 0.3 is 0 Å². The van der Waals surface area contributed by atoms with Gasteiger partial charge in [0.2, 0.25) is 15.9 Å². The molecule has 0 radical (unpaired) electrons. The second-order valence-corrected chi connectivity index (χ2v) is 9.45. The van der Waals surface area contributed by atoms with E-state index >= 15 is 0 Å². The Bertz CT molecular complexity index is 589. The number of hydrogen-bond acceptors (Lipinski definition) is 5. The summed E-state index contributed by atoms with van der Waals surface area (Å²) in [4.78, 5) is 4.25. The zero-order chi connectivity index (χ0) is 16.4. The van der Waals surface area contributed by atoms with Crippen molar-refractivity contribution in [2.45, 2.75) is 59.3 Å². The summed E-state index contributed by atoms with van der Waals surface area (Å²) in [5.74, 6) is 1.40. The lowest BCUT2D eigenvalue weighted by Gasteiger charge is -2.30. The highest BCUT2D eigenvalue weighted by atomic mass is 32.2. The van der Waals surface area contributed by atoms with Crippen LogP contribution in [0.2, 0.25) is 0 Å². The second-order valence-electron chi connectivity index (χ2n) is 7.36. The fourth-order valence-electron chi connectivity index (χ4n) is 2.79. The topological polar surface area (TPSA) is 76.3 Å². The predicted molar refractivity (Wildman–Crippen MR) is 85.1 cm³/mol. The average Bonchev–Trinajstić information content (AvgIpc) is 2.84. The monoisotopic (exact) mass is 329 g/mol.